The number of nitro groups is 2. The van der Waals surface area contributed by atoms with Crippen LogP contribution in [0.15, 0.2) is 12.1 Å². The minimum atomic E-state index is -0.866. The Morgan fingerprint density at radius 2 is 1.61 bits per heavy atom. The van der Waals surface area contributed by atoms with Gasteiger partial charge in [-0.3, -0.25) is 20.2 Å². The van der Waals surface area contributed by atoms with E-state index in [1.807, 2.05) is 0 Å². The molecule has 0 saturated carbocycles. The van der Waals surface area contributed by atoms with Gasteiger partial charge in [0.1, 0.15) is 0 Å². The topological polar surface area (TPSA) is 147 Å². The van der Waals surface area contributed by atoms with Crippen LogP contribution in [0.5, 0.6) is 5.75 Å². The van der Waals surface area contributed by atoms with E-state index in [1.54, 1.807) is 0 Å². The van der Waals surface area contributed by atoms with Crippen LogP contribution < -0.4 is 0 Å². The molecule has 0 aliphatic rings. The average Bonchev–Trinajstić information content (AvgIpc) is 2.32. The highest BCUT2D eigenvalue weighted by atomic mass is 16.6. The molecule has 0 radical (unpaired) electrons. The van der Waals surface area contributed by atoms with Gasteiger partial charge in [-0.1, -0.05) is 0 Å². The number of phenolic OH excluding ortho intramolecular Hbond substituents is 1. The van der Waals surface area contributed by atoms with Crippen LogP contribution in [-0.2, 0) is 0 Å². The van der Waals surface area contributed by atoms with E-state index in [4.69, 9.17) is 10.2 Å². The Morgan fingerprint density at radius 3 is 1.94 bits per heavy atom. The van der Waals surface area contributed by atoms with Crippen LogP contribution in [0.2, 0.25) is 0 Å². The molecule has 0 aliphatic carbocycles. The van der Waals surface area contributed by atoms with E-state index < -0.39 is 27.0 Å². The Hall–Kier alpha value is -2.26. The van der Waals surface area contributed by atoms with Crippen molar-refractivity contribution in [2.75, 3.05) is 13.2 Å². The van der Waals surface area contributed by atoms with Gasteiger partial charge in [-0.25, -0.2) is 0 Å². The minimum absolute atomic E-state index is 0.103. The normalized spacial score (nSPS) is 9.28. The summed E-state index contributed by atoms with van der Waals surface area (Å²) in [7, 11) is 0. The van der Waals surface area contributed by atoms with Crippen LogP contribution in [0.1, 0.15) is 5.56 Å². The summed E-state index contributed by atoms with van der Waals surface area (Å²) in [5.41, 5.74) is -0.963. The van der Waals surface area contributed by atoms with E-state index in [0.29, 0.717) is 0 Å². The zero-order chi connectivity index (χ0) is 14.3. The van der Waals surface area contributed by atoms with Gasteiger partial charge < -0.3 is 15.3 Å². The van der Waals surface area contributed by atoms with Gasteiger partial charge in [0.25, 0.3) is 5.69 Å². The molecule has 0 spiro atoms. The standard InChI is InChI=1S/C7H6N2O5.C2H6O2/c1-4-2-5(8(11)12)3-6(7(4)10)9(13)14;3-1-2-4/h2-3,10H,1H3;3-4H,1-2H2. The van der Waals surface area contributed by atoms with Gasteiger partial charge >= 0.3 is 5.69 Å². The Morgan fingerprint density at radius 1 is 1.11 bits per heavy atom. The summed E-state index contributed by atoms with van der Waals surface area (Å²) >= 11 is 0. The molecule has 0 saturated heterocycles. The summed E-state index contributed by atoms with van der Waals surface area (Å²) in [6.45, 7) is 1.11. The van der Waals surface area contributed by atoms with Crippen molar-refractivity contribution in [3.63, 3.8) is 0 Å². The number of hydrogen-bond acceptors (Lipinski definition) is 7. The summed E-state index contributed by atoms with van der Waals surface area (Å²) in [6, 6.07) is 1.80. The van der Waals surface area contributed by atoms with Crippen molar-refractivity contribution in [1.29, 1.82) is 0 Å². The number of aliphatic hydroxyl groups is 2. The van der Waals surface area contributed by atoms with Gasteiger partial charge in [-0.15, -0.1) is 0 Å². The fourth-order valence-electron chi connectivity index (χ4n) is 0.987. The highest BCUT2D eigenvalue weighted by Gasteiger charge is 2.21. The van der Waals surface area contributed by atoms with Gasteiger partial charge in [0, 0.05) is 11.6 Å². The molecule has 100 valence electrons. The largest absolute Gasteiger partial charge is 0.502 e. The van der Waals surface area contributed by atoms with Crippen LogP contribution >= 0.6 is 0 Å². The number of phenols is 1. The molecule has 0 amide bonds. The molecule has 0 heterocycles. The van der Waals surface area contributed by atoms with Crippen molar-refractivity contribution in [2.24, 2.45) is 0 Å². The molecule has 3 N–H and O–H groups in total. The highest BCUT2D eigenvalue weighted by Crippen LogP contribution is 2.33. The smallest absolute Gasteiger partial charge is 0.317 e. The van der Waals surface area contributed by atoms with E-state index >= 15 is 0 Å². The van der Waals surface area contributed by atoms with Crippen molar-refractivity contribution in [2.45, 2.75) is 6.92 Å². The molecule has 0 aliphatic heterocycles. The zero-order valence-electron chi connectivity index (χ0n) is 9.44. The minimum Gasteiger partial charge on any atom is -0.502 e. The molecular weight excluding hydrogens is 248 g/mol. The Kier molecular flexibility index (Phi) is 6.24. The first-order chi connectivity index (χ1) is 8.34. The van der Waals surface area contributed by atoms with E-state index in [9.17, 15) is 25.3 Å². The number of aryl methyl sites for hydroxylation is 1. The van der Waals surface area contributed by atoms with Crippen molar-refractivity contribution < 1.29 is 25.2 Å². The second-order valence-corrected chi connectivity index (χ2v) is 3.09. The third-order valence-corrected chi connectivity index (χ3v) is 1.77. The SMILES string of the molecule is Cc1cc([N+](=O)[O-])cc([N+](=O)[O-])c1O.OCCO. The first-order valence-corrected chi connectivity index (χ1v) is 4.69. The molecule has 18 heavy (non-hydrogen) atoms. The Bertz CT molecular complexity index is 445. The predicted octanol–water partition coefficient (Wildman–Crippen LogP) is 0.488. The monoisotopic (exact) mass is 260 g/mol. The summed E-state index contributed by atoms with van der Waals surface area (Å²) in [6.07, 6.45) is 0. The lowest BCUT2D eigenvalue weighted by atomic mass is 10.1. The fraction of sp³-hybridized carbons (Fsp3) is 0.333. The molecule has 0 aromatic heterocycles. The lowest BCUT2D eigenvalue weighted by molar-refractivity contribution is -0.394. The van der Waals surface area contributed by atoms with Crippen molar-refractivity contribution in [1.82, 2.24) is 0 Å². The van der Waals surface area contributed by atoms with Crippen LogP contribution in [0, 0.1) is 27.2 Å². The van der Waals surface area contributed by atoms with Crippen molar-refractivity contribution in [3.8, 4) is 5.75 Å². The van der Waals surface area contributed by atoms with Crippen molar-refractivity contribution in [3.05, 3.63) is 37.9 Å². The fourth-order valence-corrected chi connectivity index (χ4v) is 0.987. The Balaban J connectivity index is 0.000000631. The molecule has 0 unspecified atom stereocenters. The number of benzene rings is 1. The molecule has 1 aromatic rings. The maximum Gasteiger partial charge on any atom is 0.317 e. The van der Waals surface area contributed by atoms with Gasteiger partial charge in [-0.05, 0) is 6.92 Å². The number of rotatable bonds is 3. The third-order valence-electron chi connectivity index (χ3n) is 1.77. The number of aliphatic hydroxyl groups excluding tert-OH is 2. The van der Waals surface area contributed by atoms with Gasteiger partial charge in [0.15, 0.2) is 5.75 Å². The maximum atomic E-state index is 10.4. The van der Waals surface area contributed by atoms with Crippen LogP contribution in [0.4, 0.5) is 11.4 Å². The number of nitrogens with zero attached hydrogens (tertiary/aromatic N) is 2. The molecule has 0 bridgehead atoms. The molecule has 9 heteroatoms. The molecule has 0 atom stereocenters. The predicted molar refractivity (Wildman–Crippen MR) is 60.3 cm³/mol. The third kappa shape index (κ3) is 4.31. The second-order valence-electron chi connectivity index (χ2n) is 3.09. The second kappa shape index (κ2) is 7.14. The first kappa shape index (κ1) is 15.7. The summed E-state index contributed by atoms with van der Waals surface area (Å²) < 4.78 is 0. The van der Waals surface area contributed by atoms with Gasteiger partial charge in [0.2, 0.25) is 0 Å². The van der Waals surface area contributed by atoms with E-state index in [-0.39, 0.29) is 18.8 Å². The number of aromatic hydroxyl groups is 1. The van der Waals surface area contributed by atoms with E-state index in [2.05, 4.69) is 0 Å². The van der Waals surface area contributed by atoms with Crippen LogP contribution in [-0.4, -0.2) is 38.4 Å². The van der Waals surface area contributed by atoms with Gasteiger partial charge in [-0.2, -0.15) is 0 Å². The number of non-ortho nitro benzene ring substituents is 1. The van der Waals surface area contributed by atoms with Crippen molar-refractivity contribution >= 4 is 11.4 Å². The zero-order valence-corrected chi connectivity index (χ0v) is 9.44. The number of nitro benzene ring substituents is 2. The molecule has 1 rings (SSSR count). The van der Waals surface area contributed by atoms with E-state index in [1.165, 1.54) is 6.92 Å². The summed E-state index contributed by atoms with van der Waals surface area (Å²) in [5, 5.41) is 45.2. The molecule has 0 fully saturated rings. The Labute approximate surface area is 101 Å². The van der Waals surface area contributed by atoms with Crippen LogP contribution in [0.3, 0.4) is 0 Å². The quantitative estimate of drug-likeness (QED) is 0.529. The molecular formula is C9H12N2O7. The summed E-state index contributed by atoms with van der Waals surface area (Å²) in [5.74, 6) is -0.541. The first-order valence-electron chi connectivity index (χ1n) is 4.69. The van der Waals surface area contributed by atoms with Gasteiger partial charge in [0.05, 0.1) is 29.1 Å². The number of hydrogen-bond donors (Lipinski definition) is 3. The lowest BCUT2D eigenvalue weighted by Gasteiger charge is -1.99. The molecule has 9 nitrogen and oxygen atoms in total. The summed E-state index contributed by atoms with van der Waals surface area (Å²) in [4.78, 5) is 19.1. The van der Waals surface area contributed by atoms with Crippen LogP contribution in [0.25, 0.3) is 0 Å². The maximum absolute atomic E-state index is 10.4. The van der Waals surface area contributed by atoms with E-state index in [0.717, 1.165) is 12.1 Å². The highest BCUT2D eigenvalue weighted by molar-refractivity contribution is 5.57. The average molecular weight is 260 g/mol. The molecule has 1 aromatic carbocycles. The lowest BCUT2D eigenvalue weighted by Crippen LogP contribution is -1.94.